The van der Waals surface area contributed by atoms with Crippen LogP contribution in [0, 0.1) is 0 Å². The van der Waals surface area contributed by atoms with E-state index in [0.29, 0.717) is 18.8 Å². The first-order valence-electron chi connectivity index (χ1n) is 10.1. The van der Waals surface area contributed by atoms with E-state index in [1.807, 2.05) is 62.5 Å². The van der Waals surface area contributed by atoms with E-state index in [0.717, 1.165) is 33.5 Å². The summed E-state index contributed by atoms with van der Waals surface area (Å²) in [7, 11) is 1.64. The number of benzene rings is 2. The molecule has 0 radical (unpaired) electrons. The number of amides is 1. The average molecular weight is 420 g/mol. The molecular weight excluding hydrogens is 396 g/mol. The Kier molecular flexibility index (Phi) is 5.88. The number of aromatic amines is 1. The fourth-order valence-electron chi connectivity index (χ4n) is 3.27. The number of methoxy groups -OCH3 is 1. The van der Waals surface area contributed by atoms with Crippen molar-refractivity contribution in [3.8, 4) is 22.9 Å². The van der Waals surface area contributed by atoms with Gasteiger partial charge in [0, 0.05) is 29.2 Å². The zero-order valence-electron chi connectivity index (χ0n) is 17.6. The molecule has 2 heterocycles. The van der Waals surface area contributed by atoms with Gasteiger partial charge >= 0.3 is 11.8 Å². The minimum atomic E-state index is -0.407. The molecule has 0 aliphatic heterocycles. The second-order valence-electron chi connectivity index (χ2n) is 7.35. The highest BCUT2D eigenvalue weighted by Gasteiger charge is 2.16. The minimum Gasteiger partial charge on any atom is -0.497 e. The molecule has 8 nitrogen and oxygen atoms in total. The zero-order chi connectivity index (χ0) is 21.8. The lowest BCUT2D eigenvalue weighted by molar-refractivity contribution is 0.0910. The van der Waals surface area contributed by atoms with Gasteiger partial charge in [0.05, 0.1) is 13.2 Å². The van der Waals surface area contributed by atoms with Crippen molar-refractivity contribution in [2.24, 2.45) is 0 Å². The lowest BCUT2D eigenvalue weighted by atomic mass is 10.1. The molecule has 4 rings (SSSR count). The van der Waals surface area contributed by atoms with Crippen molar-refractivity contribution in [2.75, 3.05) is 13.7 Å². The predicted molar refractivity (Wildman–Crippen MR) is 116 cm³/mol. The fraction of sp³-hybridized carbons (Fsp3) is 0.261. The first-order chi connectivity index (χ1) is 15.0. The van der Waals surface area contributed by atoms with Crippen molar-refractivity contribution in [1.29, 1.82) is 0 Å². The third-order valence-electron chi connectivity index (χ3n) is 4.76. The van der Waals surface area contributed by atoms with Crippen LogP contribution in [0.5, 0.6) is 11.5 Å². The standard InChI is InChI=1S/C23H24N4O4/c1-14(2)30-17-6-4-15(5-7-17)21-26-23(31-27-21)22(28)24-11-10-16-13-25-20-9-8-18(29-3)12-19(16)20/h4-9,12-14,25H,10-11H2,1-3H3,(H,24,28). The number of H-pyrrole nitrogens is 1. The van der Waals surface area contributed by atoms with Crippen molar-refractivity contribution < 1.29 is 18.8 Å². The molecular formula is C23H24N4O4. The number of hydrogen-bond acceptors (Lipinski definition) is 6. The van der Waals surface area contributed by atoms with Gasteiger partial charge < -0.3 is 24.3 Å². The van der Waals surface area contributed by atoms with E-state index in [1.54, 1.807) is 7.11 Å². The summed E-state index contributed by atoms with van der Waals surface area (Å²) in [6.07, 6.45) is 2.68. The van der Waals surface area contributed by atoms with Crippen molar-refractivity contribution >= 4 is 16.8 Å². The van der Waals surface area contributed by atoms with Crippen LogP contribution in [0.2, 0.25) is 0 Å². The average Bonchev–Trinajstić information content (AvgIpc) is 3.41. The van der Waals surface area contributed by atoms with E-state index < -0.39 is 5.91 Å². The summed E-state index contributed by atoms with van der Waals surface area (Å²) in [6, 6.07) is 13.2. The van der Waals surface area contributed by atoms with Gasteiger partial charge in [-0.2, -0.15) is 4.98 Å². The van der Waals surface area contributed by atoms with Crippen LogP contribution in [0.3, 0.4) is 0 Å². The highest BCUT2D eigenvalue weighted by Crippen LogP contribution is 2.24. The number of nitrogens with one attached hydrogen (secondary N) is 2. The lowest BCUT2D eigenvalue weighted by Gasteiger charge is -2.09. The van der Waals surface area contributed by atoms with Gasteiger partial charge in [-0.15, -0.1) is 0 Å². The molecule has 2 aromatic carbocycles. The van der Waals surface area contributed by atoms with Gasteiger partial charge in [0.15, 0.2) is 0 Å². The largest absolute Gasteiger partial charge is 0.497 e. The Balaban J connectivity index is 1.36. The molecule has 0 atom stereocenters. The summed E-state index contributed by atoms with van der Waals surface area (Å²) in [5.74, 6) is 1.42. The van der Waals surface area contributed by atoms with Gasteiger partial charge in [-0.3, -0.25) is 4.79 Å². The summed E-state index contributed by atoms with van der Waals surface area (Å²) in [5.41, 5.74) is 2.85. The quantitative estimate of drug-likeness (QED) is 0.447. The van der Waals surface area contributed by atoms with Crippen molar-refractivity contribution in [3.05, 3.63) is 60.1 Å². The van der Waals surface area contributed by atoms with Crippen LogP contribution in [-0.4, -0.2) is 40.8 Å². The molecule has 0 aliphatic carbocycles. The van der Waals surface area contributed by atoms with Crippen LogP contribution in [0.15, 0.2) is 53.2 Å². The van der Waals surface area contributed by atoms with Crippen LogP contribution in [0.25, 0.3) is 22.3 Å². The number of fused-ring (bicyclic) bond motifs is 1. The summed E-state index contributed by atoms with van der Waals surface area (Å²) in [4.78, 5) is 19.8. The molecule has 0 spiro atoms. The van der Waals surface area contributed by atoms with Gasteiger partial charge in [0.2, 0.25) is 5.82 Å². The SMILES string of the molecule is COc1ccc2[nH]cc(CCNC(=O)c3nc(-c4ccc(OC(C)C)cc4)no3)c2c1. The van der Waals surface area contributed by atoms with Crippen LogP contribution < -0.4 is 14.8 Å². The normalized spacial score (nSPS) is 11.1. The number of nitrogens with zero attached hydrogens (tertiary/aromatic N) is 2. The second kappa shape index (κ2) is 8.91. The Hall–Kier alpha value is -3.81. The molecule has 0 aliphatic rings. The summed E-state index contributed by atoms with van der Waals surface area (Å²) in [6.45, 7) is 4.36. The Morgan fingerprint density at radius 3 is 2.68 bits per heavy atom. The monoisotopic (exact) mass is 420 g/mol. The Morgan fingerprint density at radius 2 is 1.94 bits per heavy atom. The Bertz CT molecular complexity index is 1180. The topological polar surface area (TPSA) is 102 Å². The third kappa shape index (κ3) is 4.69. The molecule has 2 aromatic heterocycles. The first-order valence-corrected chi connectivity index (χ1v) is 10.1. The van der Waals surface area contributed by atoms with Crippen LogP contribution in [0.4, 0.5) is 0 Å². The van der Waals surface area contributed by atoms with Crippen LogP contribution >= 0.6 is 0 Å². The number of rotatable bonds is 8. The molecule has 0 fully saturated rings. The van der Waals surface area contributed by atoms with Gasteiger partial charge in [0.25, 0.3) is 0 Å². The van der Waals surface area contributed by atoms with Crippen LogP contribution in [0.1, 0.15) is 30.1 Å². The molecule has 160 valence electrons. The van der Waals surface area contributed by atoms with E-state index in [4.69, 9.17) is 14.0 Å². The molecule has 4 aromatic rings. The maximum Gasteiger partial charge on any atom is 0.316 e. The van der Waals surface area contributed by atoms with Crippen molar-refractivity contribution in [3.63, 3.8) is 0 Å². The third-order valence-corrected chi connectivity index (χ3v) is 4.76. The number of aromatic nitrogens is 3. The number of carbonyl (C=O) groups excluding carboxylic acids is 1. The highest BCUT2D eigenvalue weighted by molar-refractivity contribution is 5.90. The highest BCUT2D eigenvalue weighted by atomic mass is 16.5. The molecule has 0 unspecified atom stereocenters. The number of ether oxygens (including phenoxy) is 2. The van der Waals surface area contributed by atoms with E-state index >= 15 is 0 Å². The Labute approximate surface area is 179 Å². The van der Waals surface area contributed by atoms with Crippen molar-refractivity contribution in [2.45, 2.75) is 26.4 Å². The lowest BCUT2D eigenvalue weighted by Crippen LogP contribution is -2.25. The minimum absolute atomic E-state index is 0.0712. The zero-order valence-corrected chi connectivity index (χ0v) is 17.6. The van der Waals surface area contributed by atoms with Gasteiger partial charge in [-0.25, -0.2) is 0 Å². The van der Waals surface area contributed by atoms with Crippen molar-refractivity contribution in [1.82, 2.24) is 20.4 Å². The molecule has 1 amide bonds. The summed E-state index contributed by atoms with van der Waals surface area (Å²) in [5, 5.41) is 7.80. The maximum absolute atomic E-state index is 12.4. The molecule has 31 heavy (non-hydrogen) atoms. The van der Waals surface area contributed by atoms with Gasteiger partial charge in [-0.05, 0) is 68.3 Å². The van der Waals surface area contributed by atoms with Gasteiger partial charge in [-0.1, -0.05) is 5.16 Å². The second-order valence-corrected chi connectivity index (χ2v) is 7.35. The van der Waals surface area contributed by atoms with Gasteiger partial charge in [0.1, 0.15) is 11.5 Å². The van der Waals surface area contributed by atoms with E-state index in [-0.39, 0.29) is 12.0 Å². The summed E-state index contributed by atoms with van der Waals surface area (Å²) >= 11 is 0. The molecule has 0 saturated heterocycles. The number of hydrogen-bond donors (Lipinski definition) is 2. The number of carbonyl (C=O) groups is 1. The smallest absolute Gasteiger partial charge is 0.316 e. The first kappa shape index (κ1) is 20.5. The fourth-order valence-corrected chi connectivity index (χ4v) is 3.27. The maximum atomic E-state index is 12.4. The van der Waals surface area contributed by atoms with E-state index in [9.17, 15) is 4.79 Å². The molecule has 2 N–H and O–H groups in total. The predicted octanol–water partition coefficient (Wildman–Crippen LogP) is 3.99. The van der Waals surface area contributed by atoms with E-state index in [1.165, 1.54) is 0 Å². The van der Waals surface area contributed by atoms with Crippen LogP contribution in [-0.2, 0) is 6.42 Å². The van der Waals surface area contributed by atoms with E-state index in [2.05, 4.69) is 20.4 Å². The summed E-state index contributed by atoms with van der Waals surface area (Å²) < 4.78 is 16.1. The Morgan fingerprint density at radius 1 is 1.16 bits per heavy atom. The molecule has 0 saturated carbocycles. The molecule has 0 bridgehead atoms. The molecule has 8 heteroatoms.